The number of aromatic nitrogens is 4. The third kappa shape index (κ3) is 5.26. The maximum atomic E-state index is 8.99. The molecule has 0 spiro atoms. The Bertz CT molecular complexity index is 3700. The van der Waals surface area contributed by atoms with Gasteiger partial charge < -0.3 is 23.7 Å². The first kappa shape index (κ1) is 29.7. The molecular formula is C54H44N6O. The van der Waals surface area contributed by atoms with Gasteiger partial charge in [0.15, 0.2) is 0 Å². The van der Waals surface area contributed by atoms with Crippen LogP contribution in [-0.4, -0.2) is 25.4 Å². The van der Waals surface area contributed by atoms with Crippen molar-refractivity contribution in [3.05, 3.63) is 169 Å². The van der Waals surface area contributed by atoms with Crippen molar-refractivity contribution in [3.8, 4) is 17.3 Å². The molecule has 0 amide bonds. The Kier molecular flexibility index (Phi) is 6.32. The van der Waals surface area contributed by atoms with E-state index >= 15 is 0 Å². The number of rotatable bonds is 5. The largest absolute Gasteiger partial charge is 0.457 e. The molecule has 296 valence electrons. The molecule has 1 aliphatic heterocycles. The normalized spacial score (nSPS) is 15.1. The number of benzene rings is 7. The summed E-state index contributed by atoms with van der Waals surface area (Å²) < 4.78 is 65.8. The van der Waals surface area contributed by atoms with Crippen molar-refractivity contribution < 1.29 is 13.0 Å². The smallest absolute Gasteiger partial charge is 0.137 e. The first-order valence-corrected chi connectivity index (χ1v) is 20.6. The van der Waals surface area contributed by atoms with E-state index in [-0.39, 0.29) is 12.1 Å². The van der Waals surface area contributed by atoms with Crippen LogP contribution in [0, 0.1) is 0 Å². The summed E-state index contributed by atoms with van der Waals surface area (Å²) in [7, 11) is 0. The number of para-hydroxylation sites is 5. The minimum absolute atomic E-state index is 0.238. The molecule has 0 atom stereocenters. The van der Waals surface area contributed by atoms with E-state index in [1.165, 1.54) is 9.13 Å². The van der Waals surface area contributed by atoms with Gasteiger partial charge in [-0.1, -0.05) is 93.6 Å². The van der Waals surface area contributed by atoms with Gasteiger partial charge >= 0.3 is 0 Å². The number of ether oxygens (including phenoxy) is 1. The first-order valence-electron chi connectivity index (χ1n) is 23.6. The summed E-state index contributed by atoms with van der Waals surface area (Å²) in [6, 6.07) is 51.8. The van der Waals surface area contributed by atoms with Crippen molar-refractivity contribution in [1.82, 2.24) is 18.7 Å². The molecule has 0 bridgehead atoms. The Labute approximate surface area is 362 Å². The second kappa shape index (κ2) is 13.0. The van der Waals surface area contributed by atoms with E-state index in [2.05, 4.69) is 83.7 Å². The fraction of sp³-hybridized carbons (Fsp3) is 0.130. The van der Waals surface area contributed by atoms with Crippen molar-refractivity contribution >= 4 is 88.2 Å². The SMILES string of the molecule is [2H]C([2H])([2H])n1c2ccccc2c2cc3c4ccccc4n(C([2H])([2H])[2H])c3c(N3CN(c4cc(Oc5ccc6c7ccccc7n(-c7ccccn7)c6c5)cc(C(C)(C)C)c4)c4ccccc43)c21. The van der Waals surface area contributed by atoms with E-state index in [1.807, 2.05) is 109 Å². The van der Waals surface area contributed by atoms with Crippen LogP contribution in [0.2, 0.25) is 0 Å². The topological polar surface area (TPSA) is 43.4 Å². The summed E-state index contributed by atoms with van der Waals surface area (Å²) in [4.78, 5) is 9.02. The zero-order chi connectivity index (χ0) is 46.1. The van der Waals surface area contributed by atoms with Gasteiger partial charge in [-0.3, -0.25) is 4.57 Å². The van der Waals surface area contributed by atoms with Crippen molar-refractivity contribution in [2.45, 2.75) is 26.2 Å². The van der Waals surface area contributed by atoms with Crippen molar-refractivity contribution in [2.75, 3.05) is 16.5 Å². The van der Waals surface area contributed by atoms with E-state index < -0.39 is 14.0 Å². The number of pyridine rings is 1. The van der Waals surface area contributed by atoms with E-state index in [0.717, 1.165) is 71.8 Å². The summed E-state index contributed by atoms with van der Waals surface area (Å²) >= 11 is 0. The minimum atomic E-state index is -2.61. The van der Waals surface area contributed by atoms with Gasteiger partial charge in [-0.2, -0.15) is 0 Å². The van der Waals surface area contributed by atoms with E-state index in [9.17, 15) is 0 Å². The van der Waals surface area contributed by atoms with Gasteiger partial charge in [0, 0.05) is 89.5 Å². The average Bonchev–Trinajstić information content (AvgIpc) is 4.05. The molecular weight excluding hydrogens is 749 g/mol. The predicted molar refractivity (Wildman–Crippen MR) is 254 cm³/mol. The summed E-state index contributed by atoms with van der Waals surface area (Å²) in [5.41, 5.74) is 7.78. The highest BCUT2D eigenvalue weighted by molar-refractivity contribution is 6.25. The van der Waals surface area contributed by atoms with Crippen molar-refractivity contribution in [3.63, 3.8) is 0 Å². The molecule has 12 rings (SSSR count). The Hall–Kier alpha value is -7.51. The van der Waals surface area contributed by atoms with Crippen molar-refractivity contribution in [2.24, 2.45) is 14.0 Å². The lowest BCUT2D eigenvalue weighted by molar-refractivity contribution is 0.479. The van der Waals surface area contributed by atoms with Crippen LogP contribution < -0.4 is 14.5 Å². The second-order valence-electron chi connectivity index (χ2n) is 17.0. The second-order valence-corrected chi connectivity index (χ2v) is 17.0. The average molecular weight is 799 g/mol. The Morgan fingerprint density at radius 2 is 1.11 bits per heavy atom. The molecule has 7 heteroatoms. The third-order valence-electron chi connectivity index (χ3n) is 12.4. The Balaban J connectivity index is 1.07. The maximum Gasteiger partial charge on any atom is 0.137 e. The summed E-state index contributed by atoms with van der Waals surface area (Å²) in [5.74, 6) is 2.12. The van der Waals surface area contributed by atoms with Crippen molar-refractivity contribution in [1.29, 1.82) is 0 Å². The fourth-order valence-electron chi connectivity index (χ4n) is 9.54. The fourth-order valence-corrected chi connectivity index (χ4v) is 9.54. The number of anilines is 4. The standard InChI is InChI=1S/C54H44N6O/c1-54(2,3)34-28-35(30-37(29-34)61-36-25-26-41-38-16-8-11-21-46(38)60(49(41)31-36)50-24-14-15-27-55-50)58-33-59(48-23-13-12-22-47(48)58)53-51-42(39-17-6-9-19-44(39)56(51)4)32-43-40-18-7-10-20-45(40)57(5)52(43)53/h6-32H,33H2,1-5H3/i4D3,5D3. The van der Waals surface area contributed by atoms with E-state index in [1.54, 1.807) is 6.20 Å². The van der Waals surface area contributed by atoms with Crippen LogP contribution in [0.1, 0.15) is 34.6 Å². The number of fused-ring (bicyclic) bond motifs is 10. The summed E-state index contributed by atoms with van der Waals surface area (Å²) in [6.07, 6.45) is 1.80. The van der Waals surface area contributed by atoms with Crippen LogP contribution in [0.15, 0.2) is 164 Å². The maximum absolute atomic E-state index is 8.99. The molecule has 0 radical (unpaired) electrons. The lowest BCUT2D eigenvalue weighted by atomic mass is 9.86. The highest BCUT2D eigenvalue weighted by Crippen LogP contribution is 2.51. The number of hydrogen-bond acceptors (Lipinski definition) is 4. The van der Waals surface area contributed by atoms with Gasteiger partial charge in [0.1, 0.15) is 24.0 Å². The van der Waals surface area contributed by atoms with Gasteiger partial charge in [-0.05, 0) is 83.8 Å². The van der Waals surface area contributed by atoms with Crippen LogP contribution in [0.5, 0.6) is 11.5 Å². The molecule has 0 saturated heterocycles. The molecule has 61 heavy (non-hydrogen) atoms. The lowest BCUT2D eigenvalue weighted by Gasteiger charge is -2.27. The van der Waals surface area contributed by atoms with Gasteiger partial charge in [-0.15, -0.1) is 0 Å². The van der Waals surface area contributed by atoms with Crippen LogP contribution in [0.4, 0.5) is 22.7 Å². The summed E-state index contributed by atoms with van der Waals surface area (Å²) in [5, 5.41) is 5.20. The molecule has 7 nitrogen and oxygen atoms in total. The van der Waals surface area contributed by atoms with E-state index in [4.69, 9.17) is 17.9 Å². The molecule has 5 heterocycles. The predicted octanol–water partition coefficient (Wildman–Crippen LogP) is 13.8. The first-order chi connectivity index (χ1) is 32.1. The number of nitrogens with zero attached hydrogens (tertiary/aromatic N) is 6. The molecule has 0 aliphatic carbocycles. The van der Waals surface area contributed by atoms with Gasteiger partial charge in [-0.25, -0.2) is 4.98 Å². The highest BCUT2D eigenvalue weighted by Gasteiger charge is 2.33. The minimum Gasteiger partial charge on any atom is -0.457 e. The molecule has 0 N–H and O–H groups in total. The zero-order valence-corrected chi connectivity index (χ0v) is 33.9. The van der Waals surface area contributed by atoms with Gasteiger partial charge in [0.25, 0.3) is 0 Å². The highest BCUT2D eigenvalue weighted by atomic mass is 16.5. The zero-order valence-electron chi connectivity index (χ0n) is 39.9. The van der Waals surface area contributed by atoms with Gasteiger partial charge in [0.2, 0.25) is 0 Å². The molecule has 7 aromatic carbocycles. The Morgan fingerprint density at radius 1 is 0.525 bits per heavy atom. The quantitative estimate of drug-likeness (QED) is 0.174. The Morgan fingerprint density at radius 3 is 1.75 bits per heavy atom. The molecule has 0 unspecified atom stereocenters. The van der Waals surface area contributed by atoms with Crippen LogP contribution in [-0.2, 0) is 19.4 Å². The van der Waals surface area contributed by atoms with Crippen LogP contribution in [0.3, 0.4) is 0 Å². The number of aryl methyl sites for hydroxylation is 2. The van der Waals surface area contributed by atoms with Gasteiger partial charge in [0.05, 0.1) is 39.1 Å². The molecule has 11 aromatic rings. The number of hydrogen-bond donors (Lipinski definition) is 0. The van der Waals surface area contributed by atoms with E-state index in [0.29, 0.717) is 39.3 Å². The molecule has 0 saturated carbocycles. The monoisotopic (exact) mass is 798 g/mol. The molecule has 4 aromatic heterocycles. The molecule has 0 fully saturated rings. The third-order valence-corrected chi connectivity index (χ3v) is 12.4. The van der Waals surface area contributed by atoms with Crippen LogP contribution >= 0.6 is 0 Å². The lowest BCUT2D eigenvalue weighted by Crippen LogP contribution is -2.25. The van der Waals surface area contributed by atoms with Crippen LogP contribution in [0.25, 0.3) is 71.2 Å². The molecule has 1 aliphatic rings. The summed E-state index contributed by atoms with van der Waals surface area (Å²) in [6.45, 7) is 1.55.